The normalized spacial score (nSPS) is 23.1. The first-order valence-electron chi connectivity index (χ1n) is 34.0. The third-order valence-electron chi connectivity index (χ3n) is 20.4. The van der Waals surface area contributed by atoms with E-state index in [0.29, 0.717) is 16.9 Å². The third-order valence-corrected chi connectivity index (χ3v) is 20.4. The summed E-state index contributed by atoms with van der Waals surface area (Å²) < 4.78 is 0. The Morgan fingerprint density at radius 2 is 0.844 bits per heavy atom. The average Bonchev–Trinajstić information content (AvgIpc) is 1.68. The van der Waals surface area contributed by atoms with Gasteiger partial charge in [-0.3, -0.25) is 9.80 Å². The molecule has 6 aliphatic heterocycles. The molecule has 7 heterocycles. The Balaban J connectivity index is 0.000000181. The van der Waals surface area contributed by atoms with Gasteiger partial charge in [-0.2, -0.15) is 42.3 Å². The standard InChI is InChI=1S/C18H22N2.2C14H17N.C12H14N2.C12H18N2.C12H15N.5CH4/c1-19-12-14-20(15-13-19)18(16-8-4-2-5-9-16)17-10-6-3-7-11-17;2*1-15-10-8-14(9-11-15)7-6-12-4-2-3-5-13(12)14;1-14-7-6-10-9-4-2-3-5-11(9)13-12(10)8-14;1-13-7-9-14(10-8-13)11-12-5-3-2-4-6-12;1-13-9-7-12(8-10-13)11-5-3-2-4-6-11;;;;;/h2-11,18-19H,1,12-15H2;2*2-7,15H,1,8-11H2;2-5,13-14H,1,6-8H2;2-6,13H,1,7-11H2;2-7,13H,1,8-10H2;5*1H4. The fourth-order valence-electron chi connectivity index (χ4n) is 14.7. The van der Waals surface area contributed by atoms with Gasteiger partial charge in [-0.05, 0) is 67.8 Å². The van der Waals surface area contributed by atoms with E-state index in [2.05, 4.69) is 282 Å². The van der Waals surface area contributed by atoms with Crippen molar-refractivity contribution >= 4 is 28.6 Å². The predicted molar refractivity (Wildman–Crippen MR) is 411 cm³/mol. The van der Waals surface area contributed by atoms with E-state index in [1.807, 2.05) is 0 Å². The van der Waals surface area contributed by atoms with Crippen LogP contribution in [-0.4, -0.2) is 113 Å². The molecule has 4 saturated heterocycles. The smallest absolute Gasteiger partial charge is 0.0942 e. The minimum absolute atomic E-state index is 0. The molecule has 516 valence electrons. The molecule has 9 heteroatoms. The minimum atomic E-state index is 0. The van der Waals surface area contributed by atoms with Crippen LogP contribution in [0.1, 0.15) is 131 Å². The Morgan fingerprint density at radius 1 is 0.417 bits per heavy atom. The maximum atomic E-state index is 4.13. The number of benzene rings is 7. The van der Waals surface area contributed by atoms with Crippen molar-refractivity contribution < 1.29 is 29.4 Å². The Kier molecular flexibility index (Phi) is 31.0. The Bertz CT molecular complexity index is 3440. The molecule has 0 amide bonds. The van der Waals surface area contributed by atoms with E-state index in [-0.39, 0.29) is 37.1 Å². The Morgan fingerprint density at radius 3 is 1.34 bits per heavy atom. The number of aromatic amines is 1. The zero-order chi connectivity index (χ0) is 62.8. The van der Waals surface area contributed by atoms with Gasteiger partial charge in [-0.15, -0.1) is 0 Å². The number of allylic oxidation sites excluding steroid dienone is 2. The number of nitrogens with one attached hydrogen (secondary N) is 7. The molecule has 9 nitrogen and oxygen atoms in total. The average molecular weight is 1300 g/mol. The number of piperidine rings is 2. The van der Waals surface area contributed by atoms with Gasteiger partial charge >= 0.3 is 0 Å². The zero-order valence-electron chi connectivity index (χ0n) is 54.3. The summed E-state index contributed by atoms with van der Waals surface area (Å²) in [4.78, 5) is 16.9. The number of fused-ring (bicyclic) bond motifs is 7. The number of aromatic nitrogens is 1. The van der Waals surface area contributed by atoms with Crippen LogP contribution in [0, 0.1) is 42.3 Å². The summed E-state index contributed by atoms with van der Waals surface area (Å²) in [6.07, 6.45) is 19.0. The number of quaternary nitrogens is 6. The van der Waals surface area contributed by atoms with Crippen molar-refractivity contribution in [1.29, 1.82) is 0 Å². The molecule has 2 spiro atoms. The first-order valence-corrected chi connectivity index (χ1v) is 34.0. The van der Waals surface area contributed by atoms with Crippen LogP contribution in [0.4, 0.5) is 0 Å². The largest absolute Gasteiger partial charge is 0.468 e. The van der Waals surface area contributed by atoms with Crippen LogP contribution >= 0.6 is 0 Å². The molecule has 2 atom stereocenters. The molecule has 2 aliphatic carbocycles. The van der Waals surface area contributed by atoms with E-state index in [0.717, 1.165) is 71.7 Å². The molecule has 16 rings (SSSR count). The highest BCUT2D eigenvalue weighted by molar-refractivity contribution is 5.84. The van der Waals surface area contributed by atoms with Crippen LogP contribution in [0.5, 0.6) is 0 Å². The zero-order valence-corrected chi connectivity index (χ0v) is 54.3. The topological polar surface area (TPSA) is 48.9 Å². The summed E-state index contributed by atoms with van der Waals surface area (Å²) >= 11 is 0. The summed E-state index contributed by atoms with van der Waals surface area (Å²) in [6.45, 7) is 19.4. The van der Waals surface area contributed by atoms with Crippen LogP contribution in [-0.2, 0) is 30.3 Å². The van der Waals surface area contributed by atoms with Crippen molar-refractivity contribution in [3.8, 4) is 0 Å². The molecule has 7 aromatic carbocycles. The third kappa shape index (κ3) is 20.5. The molecule has 4 fully saturated rings. The molecule has 8 aliphatic rings. The van der Waals surface area contributed by atoms with Crippen molar-refractivity contribution in [3.05, 3.63) is 310 Å². The molecule has 7 N–H and O–H groups in total. The predicted octanol–water partition coefficient (Wildman–Crippen LogP) is 10.0. The van der Waals surface area contributed by atoms with Crippen molar-refractivity contribution in [1.82, 2.24) is 14.8 Å². The molecule has 0 radical (unpaired) electrons. The fraction of sp³-hybridized carbons (Fsp3) is 0.356. The second kappa shape index (κ2) is 38.2. The van der Waals surface area contributed by atoms with Gasteiger partial charge in [0.15, 0.2) is 0 Å². The first kappa shape index (κ1) is 78.0. The number of para-hydroxylation sites is 1. The fourth-order valence-corrected chi connectivity index (χ4v) is 14.7. The van der Waals surface area contributed by atoms with Gasteiger partial charge in [-0.25, -0.2) is 0 Å². The monoisotopic (exact) mass is 1290 g/mol. The second-order valence-electron chi connectivity index (χ2n) is 26.8. The molecule has 2 unspecified atom stereocenters. The lowest BCUT2D eigenvalue weighted by Gasteiger charge is -2.39. The van der Waals surface area contributed by atoms with E-state index in [1.54, 1.807) is 0 Å². The number of hydrogen-bond donors (Lipinski definition) is 7. The lowest BCUT2D eigenvalue weighted by atomic mass is 9.75. The van der Waals surface area contributed by atoms with Crippen LogP contribution in [0.25, 0.3) is 28.6 Å². The lowest BCUT2D eigenvalue weighted by Crippen LogP contribution is -3.10. The molecule has 0 saturated carbocycles. The van der Waals surface area contributed by atoms with Crippen LogP contribution in [0.2, 0.25) is 0 Å². The lowest BCUT2D eigenvalue weighted by molar-refractivity contribution is -0.870. The SMILES string of the molecule is C.C.C.C.C.[CH2-][NH+]1CC=C(c2ccccc2)CC1.[CH2-][NH+]1CCC2(C=Cc3ccccc32)CC1.[CH2-][NH+]1CCC2(C=Cc3ccccc32)CC1.[CH2-][NH+]1CCN(C(c2ccccc2)c2ccccc2)CC1.[CH2-][NH+]1CCN(Cc2ccccc2)CC1.[CH2-][NH+]1CCc2c([nH]c3ccccc23)C1. The molecule has 8 aromatic rings. The Hall–Kier alpha value is -7.02. The molecular formula is C87H123N9. The van der Waals surface area contributed by atoms with Crippen LogP contribution in [0.3, 0.4) is 0 Å². The van der Waals surface area contributed by atoms with Gasteiger partial charge < -0.3 is 34.4 Å². The number of nitrogens with zero attached hydrogens (tertiary/aromatic N) is 2. The van der Waals surface area contributed by atoms with E-state index >= 15 is 0 Å². The highest BCUT2D eigenvalue weighted by Crippen LogP contribution is 2.43. The molecular weight excluding hydrogens is 1170 g/mol. The van der Waals surface area contributed by atoms with Gasteiger partial charge in [0.2, 0.25) is 0 Å². The summed E-state index contributed by atoms with van der Waals surface area (Å²) in [5, 5.41) is 1.40. The van der Waals surface area contributed by atoms with E-state index < -0.39 is 0 Å². The van der Waals surface area contributed by atoms with E-state index in [1.165, 1.54) is 180 Å². The summed E-state index contributed by atoms with van der Waals surface area (Å²) in [5.41, 5.74) is 17.8. The maximum absolute atomic E-state index is 4.13. The van der Waals surface area contributed by atoms with Crippen molar-refractivity contribution in [3.63, 3.8) is 0 Å². The van der Waals surface area contributed by atoms with Gasteiger partial charge in [0, 0.05) is 93.0 Å². The summed E-state index contributed by atoms with van der Waals surface area (Å²) in [6, 6.07) is 69.5. The second-order valence-corrected chi connectivity index (χ2v) is 26.8. The van der Waals surface area contributed by atoms with Gasteiger partial charge in [0.25, 0.3) is 0 Å². The van der Waals surface area contributed by atoms with Crippen molar-refractivity contribution in [2.24, 2.45) is 0 Å². The summed E-state index contributed by atoms with van der Waals surface area (Å²) in [5.74, 6) is 0. The van der Waals surface area contributed by atoms with Gasteiger partial charge in [0.1, 0.15) is 0 Å². The molecule has 0 bridgehead atoms. The summed E-state index contributed by atoms with van der Waals surface area (Å²) in [7, 11) is 24.4. The number of hydrogen-bond acceptors (Lipinski definition) is 2. The van der Waals surface area contributed by atoms with Crippen LogP contribution < -0.4 is 29.4 Å². The number of piperazine rings is 2. The minimum Gasteiger partial charge on any atom is -0.468 e. The number of rotatable bonds is 6. The highest BCUT2D eigenvalue weighted by atomic mass is 15.3. The first-order chi connectivity index (χ1) is 44.5. The van der Waals surface area contributed by atoms with E-state index in [9.17, 15) is 0 Å². The van der Waals surface area contributed by atoms with Crippen molar-refractivity contribution in [2.45, 2.75) is 106 Å². The maximum Gasteiger partial charge on any atom is 0.0942 e. The molecule has 1 aromatic heterocycles. The molecule has 96 heavy (non-hydrogen) atoms. The van der Waals surface area contributed by atoms with E-state index in [4.69, 9.17) is 0 Å². The van der Waals surface area contributed by atoms with Gasteiger partial charge in [0.05, 0.1) is 90.3 Å². The number of likely N-dealkylation sites (tertiary alicyclic amines) is 2. The quantitative estimate of drug-likeness (QED) is 0.0850. The van der Waals surface area contributed by atoms with Gasteiger partial charge in [-0.1, -0.05) is 249 Å². The van der Waals surface area contributed by atoms with Crippen LogP contribution in [0.15, 0.2) is 212 Å². The Labute approximate surface area is 583 Å². The highest BCUT2D eigenvalue weighted by Gasteiger charge is 2.39. The number of H-pyrrole nitrogens is 1. The van der Waals surface area contributed by atoms with Crippen molar-refractivity contribution in [2.75, 3.05) is 98.2 Å².